The molecule has 0 bridgehead atoms. The summed E-state index contributed by atoms with van der Waals surface area (Å²) in [5.41, 5.74) is 0. The van der Waals surface area contributed by atoms with Gasteiger partial charge in [-0.2, -0.15) is 0 Å². The van der Waals surface area contributed by atoms with Gasteiger partial charge in [-0.1, -0.05) is 213 Å². The smallest absolute Gasteiger partial charge is 0.247 e. The number of nitrogens with one attached hydrogen (secondary N) is 1. The molecule has 0 spiro atoms. The summed E-state index contributed by atoms with van der Waals surface area (Å²) in [5.74, 6) is 2.25. The summed E-state index contributed by atoms with van der Waals surface area (Å²) < 4.78 is 2.64. The number of rotatable bonds is 36. The van der Waals surface area contributed by atoms with Gasteiger partial charge in [-0.05, 0) is 32.6 Å². The number of hydrogen-bond acceptors (Lipinski definition) is 0. The van der Waals surface area contributed by atoms with Crippen LogP contribution >= 0.6 is 0 Å². The zero-order chi connectivity index (χ0) is 32.5. The van der Waals surface area contributed by atoms with Crippen LogP contribution < -0.4 is 4.57 Å². The molecule has 0 aliphatic carbocycles. The molecule has 1 aromatic heterocycles. The molecule has 1 aromatic rings. The molecule has 2 unspecified atom stereocenters. The van der Waals surface area contributed by atoms with Gasteiger partial charge in [0.05, 0.1) is 12.0 Å². The molecule has 2 atom stereocenters. The second-order valence-electron chi connectivity index (χ2n) is 15.1. The van der Waals surface area contributed by atoms with Gasteiger partial charge in [0.25, 0.3) is 5.82 Å². The molecular weight excluding hydrogens is 544 g/mol. The minimum Gasteiger partial charge on any atom is -0.247 e. The third-order valence-electron chi connectivity index (χ3n) is 10.6. The second kappa shape index (κ2) is 33.1. The van der Waals surface area contributed by atoms with Crippen molar-refractivity contribution in [3.8, 4) is 0 Å². The van der Waals surface area contributed by atoms with Gasteiger partial charge in [0.15, 0.2) is 0 Å². The van der Waals surface area contributed by atoms with Crippen molar-refractivity contribution in [2.24, 2.45) is 0 Å². The van der Waals surface area contributed by atoms with Crippen molar-refractivity contribution < 1.29 is 4.57 Å². The van der Waals surface area contributed by atoms with E-state index in [-0.39, 0.29) is 0 Å². The average Bonchev–Trinajstić information content (AvgIpc) is 3.54. The number of aromatic nitrogens is 2. The van der Waals surface area contributed by atoms with Gasteiger partial charge in [-0.15, -0.1) is 0 Å². The highest BCUT2D eigenvalue weighted by atomic mass is 15.1. The van der Waals surface area contributed by atoms with Crippen LogP contribution in [0.1, 0.15) is 264 Å². The molecule has 1 rings (SSSR count). The van der Waals surface area contributed by atoms with E-state index in [9.17, 15) is 0 Å². The molecule has 0 amide bonds. The summed E-state index contributed by atoms with van der Waals surface area (Å²) in [5, 5.41) is 0. The third-order valence-corrected chi connectivity index (χ3v) is 10.6. The van der Waals surface area contributed by atoms with E-state index in [0.29, 0.717) is 12.0 Å². The van der Waals surface area contributed by atoms with Gasteiger partial charge >= 0.3 is 0 Å². The van der Waals surface area contributed by atoms with Crippen molar-refractivity contribution in [1.82, 2.24) is 4.98 Å². The molecule has 45 heavy (non-hydrogen) atoms. The normalized spacial score (nSPS) is 13.1. The van der Waals surface area contributed by atoms with E-state index in [0.717, 1.165) is 0 Å². The lowest BCUT2D eigenvalue weighted by Gasteiger charge is -2.17. The summed E-state index contributed by atoms with van der Waals surface area (Å²) in [4.78, 5) is 3.75. The molecule has 2 heteroatoms. The quantitative estimate of drug-likeness (QED) is 0.0563. The molecule has 0 saturated carbocycles. The number of H-pyrrole nitrogens is 1. The van der Waals surface area contributed by atoms with Crippen LogP contribution in [0.5, 0.6) is 0 Å². The average molecular weight is 630 g/mol. The molecule has 2 nitrogen and oxygen atoms in total. The molecule has 0 fully saturated rings. The number of imidazole rings is 1. The predicted molar refractivity (Wildman–Crippen MR) is 202 cm³/mol. The first-order chi connectivity index (χ1) is 22.2. The van der Waals surface area contributed by atoms with Crippen LogP contribution in [0.4, 0.5) is 0 Å². The van der Waals surface area contributed by atoms with Crippen LogP contribution in [0.3, 0.4) is 0 Å². The molecule has 1 N–H and O–H groups in total. The Bertz CT molecular complexity index is 694. The minimum absolute atomic E-state index is 0.619. The highest BCUT2D eigenvalue weighted by molar-refractivity contribution is 4.90. The van der Waals surface area contributed by atoms with Crippen molar-refractivity contribution in [2.45, 2.75) is 258 Å². The van der Waals surface area contributed by atoms with E-state index in [2.05, 4.69) is 49.6 Å². The van der Waals surface area contributed by atoms with E-state index in [1.807, 2.05) is 0 Å². The van der Waals surface area contributed by atoms with Crippen LogP contribution in [0, 0.1) is 0 Å². The zero-order valence-corrected chi connectivity index (χ0v) is 31.8. The SMILES string of the molecule is CCCCCCCCCCCCCCCCCCCC(CCCCCCCC)c1[nH]cc[n+]1C(C)CCCCCCCCCC. The number of aromatic amines is 1. The topological polar surface area (TPSA) is 19.7 Å². The Morgan fingerprint density at radius 3 is 1.04 bits per heavy atom. The van der Waals surface area contributed by atoms with Crippen LogP contribution in [0.2, 0.25) is 0 Å². The fraction of sp³-hybridized carbons (Fsp3) is 0.930. The zero-order valence-electron chi connectivity index (χ0n) is 31.8. The number of hydrogen-bond donors (Lipinski definition) is 1. The summed E-state index contributed by atoms with van der Waals surface area (Å²) in [6, 6.07) is 0.619. The highest BCUT2D eigenvalue weighted by Gasteiger charge is 2.25. The fourth-order valence-electron chi connectivity index (χ4n) is 7.49. The largest absolute Gasteiger partial charge is 0.257 e. The Morgan fingerprint density at radius 1 is 0.422 bits per heavy atom. The Balaban J connectivity index is 2.28. The third kappa shape index (κ3) is 25.0. The van der Waals surface area contributed by atoms with Gasteiger partial charge in [0, 0.05) is 0 Å². The lowest BCUT2D eigenvalue weighted by molar-refractivity contribution is -0.727. The Hall–Kier alpha value is -0.790. The van der Waals surface area contributed by atoms with E-state index in [1.165, 1.54) is 224 Å². The first-order valence-corrected chi connectivity index (χ1v) is 21.3. The first kappa shape index (κ1) is 42.2. The fourth-order valence-corrected chi connectivity index (χ4v) is 7.49. The Kier molecular flexibility index (Phi) is 31.1. The van der Waals surface area contributed by atoms with Gasteiger partial charge in [-0.3, -0.25) is 0 Å². The second-order valence-corrected chi connectivity index (χ2v) is 15.1. The highest BCUT2D eigenvalue weighted by Crippen LogP contribution is 2.27. The van der Waals surface area contributed by atoms with E-state index in [1.54, 1.807) is 0 Å². The maximum atomic E-state index is 3.75. The van der Waals surface area contributed by atoms with Crippen molar-refractivity contribution in [1.29, 1.82) is 0 Å². The van der Waals surface area contributed by atoms with Crippen molar-refractivity contribution >= 4 is 0 Å². The van der Waals surface area contributed by atoms with Gasteiger partial charge < -0.3 is 0 Å². The van der Waals surface area contributed by atoms with Crippen LogP contribution in [0.15, 0.2) is 12.4 Å². The van der Waals surface area contributed by atoms with Crippen LogP contribution in [-0.4, -0.2) is 4.98 Å². The molecular formula is C43H85N2+. The molecule has 0 aliphatic heterocycles. The van der Waals surface area contributed by atoms with Gasteiger partial charge in [0.2, 0.25) is 0 Å². The summed E-state index contributed by atoms with van der Waals surface area (Å²) in [6.45, 7) is 9.42. The number of unbranched alkanes of at least 4 members (excludes halogenated alkanes) is 28. The standard InChI is InChI=1S/C43H84N2/c1-5-8-11-14-17-19-20-21-22-23-24-25-26-27-29-32-35-38-42(37-34-31-16-13-10-7-3)43-44-39-40-45(43)41(4)36-33-30-28-18-15-12-9-6-2/h39-42H,5-38H2,1-4H3/p+1. The molecule has 0 saturated heterocycles. The lowest BCUT2D eigenvalue weighted by Crippen LogP contribution is -2.41. The lowest BCUT2D eigenvalue weighted by atomic mass is 9.92. The van der Waals surface area contributed by atoms with Crippen molar-refractivity contribution in [3.05, 3.63) is 18.2 Å². The Morgan fingerprint density at radius 2 is 0.711 bits per heavy atom. The summed E-state index contributed by atoms with van der Waals surface area (Å²) in [6.07, 6.45) is 53.2. The molecule has 0 aliphatic rings. The van der Waals surface area contributed by atoms with Crippen molar-refractivity contribution in [2.75, 3.05) is 0 Å². The maximum absolute atomic E-state index is 3.75. The van der Waals surface area contributed by atoms with E-state index >= 15 is 0 Å². The predicted octanol–water partition coefficient (Wildman–Crippen LogP) is 15.3. The van der Waals surface area contributed by atoms with Gasteiger partial charge in [-0.25, -0.2) is 9.55 Å². The monoisotopic (exact) mass is 630 g/mol. The molecule has 1 heterocycles. The first-order valence-electron chi connectivity index (χ1n) is 21.3. The van der Waals surface area contributed by atoms with Crippen LogP contribution in [-0.2, 0) is 0 Å². The summed E-state index contributed by atoms with van der Waals surface area (Å²) in [7, 11) is 0. The number of nitrogens with zero attached hydrogens (tertiary/aromatic N) is 1. The van der Waals surface area contributed by atoms with E-state index < -0.39 is 0 Å². The van der Waals surface area contributed by atoms with E-state index in [4.69, 9.17) is 0 Å². The van der Waals surface area contributed by atoms with Crippen LogP contribution in [0.25, 0.3) is 0 Å². The molecule has 0 aromatic carbocycles. The van der Waals surface area contributed by atoms with Gasteiger partial charge in [0.1, 0.15) is 12.4 Å². The molecule has 0 radical (unpaired) electrons. The Labute approximate surface area is 285 Å². The van der Waals surface area contributed by atoms with Crippen molar-refractivity contribution in [3.63, 3.8) is 0 Å². The molecule has 266 valence electrons. The minimum atomic E-state index is 0.619. The maximum Gasteiger partial charge on any atom is 0.257 e. The summed E-state index contributed by atoms with van der Waals surface area (Å²) >= 11 is 0.